The van der Waals surface area contributed by atoms with Gasteiger partial charge in [-0.15, -0.1) is 0 Å². The Bertz CT molecular complexity index is 578. The molecule has 1 heterocycles. The summed E-state index contributed by atoms with van der Waals surface area (Å²) in [4.78, 5) is 4.60. The molecule has 1 aromatic carbocycles. The van der Waals surface area contributed by atoms with Crippen molar-refractivity contribution in [2.45, 2.75) is 51.9 Å². The topological polar surface area (TPSA) is 68.9 Å². The summed E-state index contributed by atoms with van der Waals surface area (Å²) in [5.41, 5.74) is 7.26. The van der Waals surface area contributed by atoms with E-state index < -0.39 is 0 Å². The minimum Gasteiger partial charge on any atom is -0.490 e. The molecule has 3 rings (SSSR count). The van der Waals surface area contributed by atoms with Crippen LogP contribution in [-0.4, -0.2) is 25.7 Å². The average Bonchev–Trinajstić information content (AvgIpc) is 2.93. The van der Waals surface area contributed by atoms with Crippen molar-refractivity contribution >= 4 is 11.6 Å². The molecule has 2 aliphatic rings. The largest absolute Gasteiger partial charge is 0.490 e. The van der Waals surface area contributed by atoms with Crippen LogP contribution in [-0.2, 0) is 0 Å². The van der Waals surface area contributed by atoms with Crippen molar-refractivity contribution in [2.24, 2.45) is 16.1 Å². The van der Waals surface area contributed by atoms with Crippen LogP contribution in [0.15, 0.2) is 23.2 Å². The van der Waals surface area contributed by atoms with E-state index >= 15 is 0 Å². The number of aliphatic imine (C=N–C) groups is 1. The molecule has 0 amide bonds. The van der Waals surface area contributed by atoms with Crippen LogP contribution >= 0.6 is 0 Å². The molecule has 0 bridgehead atoms. The summed E-state index contributed by atoms with van der Waals surface area (Å²) in [6.07, 6.45) is 8.71. The van der Waals surface area contributed by atoms with Crippen LogP contribution in [0.4, 0.5) is 5.69 Å². The monoisotopic (exact) mass is 331 g/mol. The summed E-state index contributed by atoms with van der Waals surface area (Å²) >= 11 is 0. The number of fused-ring (bicyclic) bond motifs is 1. The Morgan fingerprint density at radius 1 is 1.08 bits per heavy atom. The minimum absolute atomic E-state index is 0.285. The number of hydrogen-bond acceptors (Lipinski definition) is 3. The van der Waals surface area contributed by atoms with E-state index in [4.69, 9.17) is 15.2 Å². The fourth-order valence-electron chi connectivity index (χ4n) is 3.44. The van der Waals surface area contributed by atoms with Crippen molar-refractivity contribution in [3.63, 3.8) is 0 Å². The van der Waals surface area contributed by atoms with Crippen LogP contribution in [0.2, 0.25) is 0 Å². The lowest BCUT2D eigenvalue weighted by Crippen LogP contribution is -2.27. The smallest absolute Gasteiger partial charge is 0.193 e. The first-order chi connectivity index (χ1) is 11.6. The summed E-state index contributed by atoms with van der Waals surface area (Å²) in [5.74, 6) is 2.02. The molecule has 5 heteroatoms. The highest BCUT2D eigenvalue weighted by Crippen LogP contribution is 2.35. The Labute approximate surface area is 144 Å². The molecule has 0 unspecified atom stereocenters. The molecule has 0 radical (unpaired) electrons. The SMILES string of the molecule is CC1(CN=C(N)Nc2ccc3c(c2)OCCCO3)CCCCCC1. The highest BCUT2D eigenvalue weighted by molar-refractivity contribution is 5.92. The van der Waals surface area contributed by atoms with Crippen LogP contribution in [0.25, 0.3) is 0 Å². The van der Waals surface area contributed by atoms with Gasteiger partial charge in [-0.1, -0.05) is 32.6 Å². The second-order valence-corrected chi connectivity index (χ2v) is 7.26. The predicted octanol–water partition coefficient (Wildman–Crippen LogP) is 3.94. The van der Waals surface area contributed by atoms with Crippen LogP contribution in [0, 0.1) is 5.41 Å². The average molecular weight is 331 g/mol. The summed E-state index contributed by atoms with van der Waals surface area (Å²) in [6, 6.07) is 5.79. The van der Waals surface area contributed by atoms with Gasteiger partial charge in [0.1, 0.15) is 0 Å². The fraction of sp³-hybridized carbons (Fsp3) is 0.632. The number of ether oxygens (including phenoxy) is 2. The number of benzene rings is 1. The van der Waals surface area contributed by atoms with Crippen LogP contribution in [0.3, 0.4) is 0 Å². The number of nitrogens with one attached hydrogen (secondary N) is 1. The van der Waals surface area contributed by atoms with Gasteiger partial charge in [-0.05, 0) is 30.4 Å². The van der Waals surface area contributed by atoms with Gasteiger partial charge < -0.3 is 20.5 Å². The molecule has 0 aromatic heterocycles. The fourth-order valence-corrected chi connectivity index (χ4v) is 3.44. The van der Waals surface area contributed by atoms with Crippen molar-refractivity contribution in [1.82, 2.24) is 0 Å². The zero-order chi connectivity index (χ0) is 16.8. The molecule has 0 spiro atoms. The zero-order valence-corrected chi connectivity index (χ0v) is 14.6. The third-order valence-corrected chi connectivity index (χ3v) is 4.96. The first-order valence-electron chi connectivity index (χ1n) is 9.11. The summed E-state index contributed by atoms with van der Waals surface area (Å²) < 4.78 is 11.4. The van der Waals surface area contributed by atoms with Gasteiger partial charge in [-0.25, -0.2) is 0 Å². The van der Waals surface area contributed by atoms with Gasteiger partial charge >= 0.3 is 0 Å². The number of nitrogens with zero attached hydrogens (tertiary/aromatic N) is 1. The molecular weight excluding hydrogens is 302 g/mol. The standard InChI is InChI=1S/C19H29N3O2/c1-19(9-4-2-3-5-10-19)14-21-18(20)22-15-7-8-16-17(13-15)24-12-6-11-23-16/h7-8,13H,2-6,9-12,14H2,1H3,(H3,20,21,22). The lowest BCUT2D eigenvalue weighted by atomic mass is 9.83. The number of hydrogen-bond donors (Lipinski definition) is 2. The first-order valence-corrected chi connectivity index (χ1v) is 9.11. The van der Waals surface area contributed by atoms with Crippen molar-refractivity contribution in [3.05, 3.63) is 18.2 Å². The second-order valence-electron chi connectivity index (χ2n) is 7.26. The van der Waals surface area contributed by atoms with Crippen molar-refractivity contribution < 1.29 is 9.47 Å². The molecule has 24 heavy (non-hydrogen) atoms. The predicted molar refractivity (Wildman–Crippen MR) is 98.0 cm³/mol. The molecule has 5 nitrogen and oxygen atoms in total. The molecule has 1 aromatic rings. The van der Waals surface area contributed by atoms with Gasteiger partial charge in [0.15, 0.2) is 17.5 Å². The Morgan fingerprint density at radius 3 is 2.54 bits per heavy atom. The molecule has 1 aliphatic heterocycles. The Hall–Kier alpha value is -1.91. The summed E-state index contributed by atoms with van der Waals surface area (Å²) in [5, 5.41) is 3.18. The summed E-state index contributed by atoms with van der Waals surface area (Å²) in [6.45, 7) is 4.50. The number of rotatable bonds is 3. The Kier molecular flexibility index (Phi) is 5.48. The van der Waals surface area contributed by atoms with Crippen LogP contribution in [0.1, 0.15) is 51.9 Å². The Morgan fingerprint density at radius 2 is 1.79 bits per heavy atom. The van der Waals surface area contributed by atoms with Crippen molar-refractivity contribution in [3.8, 4) is 11.5 Å². The van der Waals surface area contributed by atoms with E-state index in [9.17, 15) is 0 Å². The van der Waals surface area contributed by atoms with Crippen molar-refractivity contribution in [1.29, 1.82) is 0 Å². The lowest BCUT2D eigenvalue weighted by molar-refractivity contribution is 0.290. The maximum atomic E-state index is 6.09. The van der Waals surface area contributed by atoms with Gasteiger partial charge in [-0.3, -0.25) is 4.99 Å². The molecule has 132 valence electrons. The van der Waals surface area contributed by atoms with E-state index in [1.165, 1.54) is 38.5 Å². The van der Waals surface area contributed by atoms with Gasteiger partial charge in [-0.2, -0.15) is 0 Å². The van der Waals surface area contributed by atoms with Gasteiger partial charge in [0.25, 0.3) is 0 Å². The van der Waals surface area contributed by atoms with E-state index in [1.54, 1.807) is 0 Å². The lowest BCUT2D eigenvalue weighted by Gasteiger charge is -2.26. The molecule has 0 saturated heterocycles. The quantitative estimate of drug-likeness (QED) is 0.500. The van der Waals surface area contributed by atoms with Gasteiger partial charge in [0.05, 0.1) is 13.2 Å². The molecule has 1 saturated carbocycles. The van der Waals surface area contributed by atoms with E-state index in [2.05, 4.69) is 17.2 Å². The zero-order valence-electron chi connectivity index (χ0n) is 14.6. The van der Waals surface area contributed by atoms with E-state index in [1.807, 2.05) is 18.2 Å². The Balaban J connectivity index is 1.61. The molecule has 0 atom stereocenters. The molecule has 1 fully saturated rings. The maximum Gasteiger partial charge on any atom is 0.193 e. The number of guanidine groups is 1. The highest BCUT2D eigenvalue weighted by Gasteiger charge is 2.25. The number of nitrogens with two attached hydrogens (primary N) is 1. The van der Waals surface area contributed by atoms with Gasteiger partial charge in [0.2, 0.25) is 0 Å². The van der Waals surface area contributed by atoms with Crippen LogP contribution in [0.5, 0.6) is 11.5 Å². The van der Waals surface area contributed by atoms with Crippen molar-refractivity contribution in [2.75, 3.05) is 25.1 Å². The normalized spacial score (nSPS) is 20.8. The first kappa shape index (κ1) is 16.9. The molecule has 1 aliphatic carbocycles. The summed E-state index contributed by atoms with van der Waals surface area (Å²) in [7, 11) is 0. The molecular formula is C19H29N3O2. The van der Waals surface area contributed by atoms with E-state index in [-0.39, 0.29) is 5.41 Å². The van der Waals surface area contributed by atoms with Gasteiger partial charge in [0, 0.05) is 24.7 Å². The third-order valence-electron chi connectivity index (χ3n) is 4.96. The van der Waals surface area contributed by atoms with E-state index in [0.29, 0.717) is 19.2 Å². The minimum atomic E-state index is 0.285. The van der Waals surface area contributed by atoms with E-state index in [0.717, 1.165) is 30.2 Å². The second kappa shape index (κ2) is 7.77. The number of anilines is 1. The third kappa shape index (κ3) is 4.56. The molecule has 3 N–H and O–H groups in total. The maximum absolute atomic E-state index is 6.09. The van der Waals surface area contributed by atoms with Crippen LogP contribution < -0.4 is 20.5 Å². The highest BCUT2D eigenvalue weighted by atomic mass is 16.5.